The molecule has 0 bridgehead atoms. The van der Waals surface area contributed by atoms with Crippen molar-refractivity contribution >= 4 is 0 Å². The van der Waals surface area contributed by atoms with E-state index in [2.05, 4.69) is 17.1 Å². The fourth-order valence-electron chi connectivity index (χ4n) is 1.91. The highest BCUT2D eigenvalue weighted by molar-refractivity contribution is 5.34. The molecule has 2 aromatic rings. The average Bonchev–Trinajstić information content (AvgIpc) is 2.74. The molecule has 1 unspecified atom stereocenters. The lowest BCUT2D eigenvalue weighted by molar-refractivity contribution is 0.238. The number of aromatic nitrogens is 1. The van der Waals surface area contributed by atoms with E-state index in [0.717, 1.165) is 17.9 Å². The van der Waals surface area contributed by atoms with E-state index >= 15 is 0 Å². The van der Waals surface area contributed by atoms with Crippen molar-refractivity contribution in [2.45, 2.75) is 12.5 Å². The van der Waals surface area contributed by atoms with Crippen LogP contribution < -0.4 is 4.74 Å². The van der Waals surface area contributed by atoms with Crippen LogP contribution in [0.5, 0.6) is 5.75 Å². The van der Waals surface area contributed by atoms with Gasteiger partial charge in [0.2, 0.25) is 0 Å². The number of nitrogens with zero attached hydrogens (tertiary/aromatic N) is 1. The summed E-state index contributed by atoms with van der Waals surface area (Å²) in [5, 5.41) is 0. The van der Waals surface area contributed by atoms with Gasteiger partial charge in [-0.15, -0.1) is 0 Å². The molecule has 1 aliphatic rings. The summed E-state index contributed by atoms with van der Waals surface area (Å²) >= 11 is 0. The largest absolute Gasteiger partial charge is 0.483 e. The molecule has 1 aromatic carbocycles. The lowest BCUT2D eigenvalue weighted by Crippen LogP contribution is -2.02. The van der Waals surface area contributed by atoms with Gasteiger partial charge in [-0.25, -0.2) is 0 Å². The summed E-state index contributed by atoms with van der Waals surface area (Å²) in [6.07, 6.45) is 2.83. The van der Waals surface area contributed by atoms with Crippen molar-refractivity contribution in [1.82, 2.24) is 4.98 Å². The molecule has 0 N–H and O–H groups in total. The van der Waals surface area contributed by atoms with Crippen molar-refractivity contribution in [2.24, 2.45) is 0 Å². The molecule has 74 valence electrons. The summed E-state index contributed by atoms with van der Waals surface area (Å²) in [5.41, 5.74) is 2.28. The standard InChI is InChI=1S/C13H11NO/c1-2-5-10(6-3-1)13-9-11-12(15-13)7-4-8-14-11/h1-8,13H,9H2. The minimum absolute atomic E-state index is 0.135. The Morgan fingerprint density at radius 3 is 2.73 bits per heavy atom. The lowest BCUT2D eigenvalue weighted by atomic mass is 10.1. The van der Waals surface area contributed by atoms with E-state index in [9.17, 15) is 0 Å². The van der Waals surface area contributed by atoms with Crippen LogP contribution in [0.25, 0.3) is 0 Å². The molecule has 3 rings (SSSR count). The van der Waals surface area contributed by atoms with Crippen molar-refractivity contribution < 1.29 is 4.74 Å². The zero-order chi connectivity index (χ0) is 10.1. The van der Waals surface area contributed by atoms with Crippen LogP contribution in [0.1, 0.15) is 17.4 Å². The molecule has 1 aromatic heterocycles. The Labute approximate surface area is 88.5 Å². The Kier molecular flexibility index (Phi) is 1.91. The molecular formula is C13H11NO. The lowest BCUT2D eigenvalue weighted by Gasteiger charge is -2.09. The highest BCUT2D eigenvalue weighted by Crippen LogP contribution is 2.34. The highest BCUT2D eigenvalue weighted by atomic mass is 16.5. The van der Waals surface area contributed by atoms with Gasteiger partial charge in [-0.2, -0.15) is 0 Å². The molecule has 0 saturated heterocycles. The Hall–Kier alpha value is -1.83. The molecule has 0 amide bonds. The van der Waals surface area contributed by atoms with Crippen molar-refractivity contribution in [2.75, 3.05) is 0 Å². The highest BCUT2D eigenvalue weighted by Gasteiger charge is 2.24. The summed E-state index contributed by atoms with van der Waals surface area (Å²) in [7, 11) is 0. The van der Waals surface area contributed by atoms with Gasteiger partial charge in [-0.3, -0.25) is 4.98 Å². The molecule has 0 radical (unpaired) electrons. The van der Waals surface area contributed by atoms with Crippen LogP contribution in [-0.2, 0) is 6.42 Å². The summed E-state index contributed by atoms with van der Waals surface area (Å²) in [4.78, 5) is 4.31. The Bertz CT molecular complexity index is 442. The number of hydrogen-bond donors (Lipinski definition) is 0. The van der Waals surface area contributed by atoms with E-state index in [1.165, 1.54) is 5.56 Å². The fraction of sp³-hybridized carbons (Fsp3) is 0.154. The Balaban J connectivity index is 1.91. The van der Waals surface area contributed by atoms with Crippen molar-refractivity contribution in [3.63, 3.8) is 0 Å². The first kappa shape index (κ1) is 8.48. The molecule has 1 atom stereocenters. The molecule has 2 nitrogen and oxygen atoms in total. The molecule has 0 saturated carbocycles. The van der Waals surface area contributed by atoms with Gasteiger partial charge >= 0.3 is 0 Å². The maximum Gasteiger partial charge on any atom is 0.141 e. The third-order valence-electron chi connectivity index (χ3n) is 2.67. The van der Waals surface area contributed by atoms with Gasteiger partial charge in [0.25, 0.3) is 0 Å². The molecule has 1 aliphatic heterocycles. The molecule has 0 aliphatic carbocycles. The van der Waals surface area contributed by atoms with E-state index in [1.807, 2.05) is 36.5 Å². The predicted octanol–water partition coefficient (Wildman–Crippen LogP) is 2.76. The van der Waals surface area contributed by atoms with Crippen LogP contribution in [0, 0.1) is 0 Å². The van der Waals surface area contributed by atoms with Gasteiger partial charge in [0.05, 0.1) is 5.69 Å². The third kappa shape index (κ3) is 1.48. The molecule has 0 spiro atoms. The second-order valence-corrected chi connectivity index (χ2v) is 3.67. The first-order valence-electron chi connectivity index (χ1n) is 5.09. The Morgan fingerprint density at radius 2 is 1.93 bits per heavy atom. The van der Waals surface area contributed by atoms with Crippen LogP contribution in [0.3, 0.4) is 0 Å². The molecular weight excluding hydrogens is 186 g/mol. The minimum atomic E-state index is 0.135. The number of pyridine rings is 1. The summed E-state index contributed by atoms with van der Waals surface area (Å²) in [6, 6.07) is 14.2. The molecule has 2 heteroatoms. The third-order valence-corrected chi connectivity index (χ3v) is 2.67. The van der Waals surface area contributed by atoms with Crippen LogP contribution in [0.15, 0.2) is 48.7 Å². The quantitative estimate of drug-likeness (QED) is 0.701. The number of benzene rings is 1. The normalized spacial score (nSPS) is 18.3. The van der Waals surface area contributed by atoms with Gasteiger partial charge in [-0.1, -0.05) is 30.3 Å². The van der Waals surface area contributed by atoms with Crippen LogP contribution in [0.2, 0.25) is 0 Å². The molecule has 15 heavy (non-hydrogen) atoms. The number of fused-ring (bicyclic) bond motifs is 1. The van der Waals surface area contributed by atoms with Gasteiger partial charge in [0.15, 0.2) is 0 Å². The van der Waals surface area contributed by atoms with Crippen molar-refractivity contribution in [3.05, 3.63) is 59.9 Å². The van der Waals surface area contributed by atoms with E-state index in [0.29, 0.717) is 0 Å². The second kappa shape index (κ2) is 3.39. The zero-order valence-corrected chi connectivity index (χ0v) is 8.26. The smallest absolute Gasteiger partial charge is 0.141 e. The van der Waals surface area contributed by atoms with Crippen LogP contribution >= 0.6 is 0 Å². The Morgan fingerprint density at radius 1 is 1.07 bits per heavy atom. The fourth-order valence-corrected chi connectivity index (χ4v) is 1.91. The van der Waals surface area contributed by atoms with Gasteiger partial charge in [-0.05, 0) is 17.7 Å². The maximum absolute atomic E-state index is 5.83. The first-order valence-corrected chi connectivity index (χ1v) is 5.09. The predicted molar refractivity (Wildman–Crippen MR) is 57.8 cm³/mol. The maximum atomic E-state index is 5.83. The summed E-state index contributed by atoms with van der Waals surface area (Å²) < 4.78 is 5.83. The van der Waals surface area contributed by atoms with E-state index in [1.54, 1.807) is 0 Å². The molecule has 0 fully saturated rings. The van der Waals surface area contributed by atoms with Crippen LogP contribution in [0.4, 0.5) is 0 Å². The molecule has 2 heterocycles. The SMILES string of the molecule is c1ccc(C2Cc3ncccc3O2)cc1. The number of hydrogen-bond acceptors (Lipinski definition) is 2. The van der Waals surface area contributed by atoms with E-state index in [-0.39, 0.29) is 6.10 Å². The van der Waals surface area contributed by atoms with Crippen LogP contribution in [-0.4, -0.2) is 4.98 Å². The number of rotatable bonds is 1. The average molecular weight is 197 g/mol. The van der Waals surface area contributed by atoms with E-state index in [4.69, 9.17) is 4.74 Å². The van der Waals surface area contributed by atoms with Gasteiger partial charge < -0.3 is 4.74 Å². The monoisotopic (exact) mass is 197 g/mol. The topological polar surface area (TPSA) is 22.1 Å². The summed E-state index contributed by atoms with van der Waals surface area (Å²) in [5.74, 6) is 0.923. The van der Waals surface area contributed by atoms with Gasteiger partial charge in [0, 0.05) is 12.6 Å². The second-order valence-electron chi connectivity index (χ2n) is 3.67. The zero-order valence-electron chi connectivity index (χ0n) is 8.26. The number of ether oxygens (including phenoxy) is 1. The van der Waals surface area contributed by atoms with Crippen molar-refractivity contribution in [1.29, 1.82) is 0 Å². The first-order chi connectivity index (χ1) is 7.43. The van der Waals surface area contributed by atoms with Gasteiger partial charge in [0.1, 0.15) is 11.9 Å². The summed E-state index contributed by atoms with van der Waals surface area (Å²) in [6.45, 7) is 0. The van der Waals surface area contributed by atoms with Crippen molar-refractivity contribution in [3.8, 4) is 5.75 Å². The van der Waals surface area contributed by atoms with E-state index < -0.39 is 0 Å². The minimum Gasteiger partial charge on any atom is -0.483 e.